The molecule has 1 unspecified atom stereocenters. The molecule has 0 aliphatic carbocycles. The van der Waals surface area contributed by atoms with Gasteiger partial charge in [-0.25, -0.2) is 9.78 Å². The van der Waals surface area contributed by atoms with Gasteiger partial charge in [0, 0.05) is 12.1 Å². The smallest absolute Gasteiger partial charge is 0.338 e. The van der Waals surface area contributed by atoms with Crippen molar-refractivity contribution in [2.24, 2.45) is 11.7 Å². The first kappa shape index (κ1) is 17.9. The Balaban J connectivity index is 3.23. The zero-order valence-electron chi connectivity index (χ0n) is 12.5. The molecular formula is C14H18ClN3O4. The molecule has 0 aromatic carbocycles. The molecule has 0 aliphatic heterocycles. The highest BCUT2D eigenvalue weighted by Gasteiger charge is 2.37. The predicted octanol–water partition coefficient (Wildman–Crippen LogP) is 1.15. The molecule has 0 spiro atoms. The third-order valence-electron chi connectivity index (χ3n) is 3.58. The van der Waals surface area contributed by atoms with Crippen molar-refractivity contribution in [2.75, 3.05) is 0 Å². The SMILES string of the molecule is CC(C)C(C)(NC(=O)c1ncc(CCl)cc1C(=O)O)C(N)=O. The van der Waals surface area contributed by atoms with Gasteiger partial charge in [-0.05, 0) is 24.5 Å². The number of hydrogen-bond acceptors (Lipinski definition) is 4. The zero-order valence-corrected chi connectivity index (χ0v) is 13.3. The van der Waals surface area contributed by atoms with Gasteiger partial charge >= 0.3 is 5.97 Å². The highest BCUT2D eigenvalue weighted by Crippen LogP contribution is 2.18. The molecule has 7 nitrogen and oxygen atoms in total. The number of nitrogens with two attached hydrogens (primary N) is 1. The number of nitrogens with one attached hydrogen (secondary N) is 1. The summed E-state index contributed by atoms with van der Waals surface area (Å²) in [4.78, 5) is 39.0. The number of carboxylic acids is 1. The van der Waals surface area contributed by atoms with Gasteiger partial charge in [-0.3, -0.25) is 9.59 Å². The van der Waals surface area contributed by atoms with Crippen LogP contribution in [0.1, 0.15) is 47.2 Å². The summed E-state index contributed by atoms with van der Waals surface area (Å²) in [5.41, 5.74) is 3.90. The summed E-state index contributed by atoms with van der Waals surface area (Å²) in [5.74, 6) is -3.03. The van der Waals surface area contributed by atoms with Crippen LogP contribution in [-0.4, -0.2) is 33.4 Å². The van der Waals surface area contributed by atoms with E-state index in [-0.39, 0.29) is 23.1 Å². The minimum atomic E-state index is -1.32. The summed E-state index contributed by atoms with van der Waals surface area (Å²) in [7, 11) is 0. The van der Waals surface area contributed by atoms with Crippen LogP contribution in [0.3, 0.4) is 0 Å². The predicted molar refractivity (Wildman–Crippen MR) is 80.7 cm³/mol. The molecule has 22 heavy (non-hydrogen) atoms. The van der Waals surface area contributed by atoms with Gasteiger partial charge in [0.25, 0.3) is 5.91 Å². The Hall–Kier alpha value is -2.15. The van der Waals surface area contributed by atoms with Gasteiger partial charge in [0.2, 0.25) is 5.91 Å². The first-order valence-electron chi connectivity index (χ1n) is 6.54. The Bertz CT molecular complexity index is 618. The lowest BCUT2D eigenvalue weighted by molar-refractivity contribution is -0.125. The van der Waals surface area contributed by atoms with E-state index in [9.17, 15) is 19.5 Å². The van der Waals surface area contributed by atoms with Crippen LogP contribution in [0.15, 0.2) is 12.3 Å². The second-order valence-corrected chi connectivity index (χ2v) is 5.62. The fourth-order valence-electron chi connectivity index (χ4n) is 1.71. The van der Waals surface area contributed by atoms with Gasteiger partial charge in [-0.2, -0.15) is 0 Å². The Kier molecular flexibility index (Phi) is 5.48. The molecule has 1 aromatic heterocycles. The maximum atomic E-state index is 12.3. The van der Waals surface area contributed by atoms with Gasteiger partial charge in [0.15, 0.2) is 0 Å². The zero-order chi connectivity index (χ0) is 17.1. The molecule has 1 rings (SSSR count). The number of aromatic carboxylic acids is 1. The molecule has 1 heterocycles. The van der Waals surface area contributed by atoms with E-state index in [0.717, 1.165) is 0 Å². The van der Waals surface area contributed by atoms with Crippen LogP contribution < -0.4 is 11.1 Å². The molecule has 0 radical (unpaired) electrons. The standard InChI is InChI=1S/C14H18ClN3O4/c1-7(2)14(3,13(16)22)18-11(19)10-9(12(20)21)4-8(5-15)6-17-10/h4,6-7H,5H2,1-3H3,(H2,16,22)(H,18,19)(H,20,21). The van der Waals surface area contributed by atoms with E-state index < -0.39 is 23.3 Å². The molecule has 2 amide bonds. The van der Waals surface area contributed by atoms with Crippen molar-refractivity contribution in [3.8, 4) is 0 Å². The number of rotatable bonds is 6. The summed E-state index contributed by atoms with van der Waals surface area (Å²) >= 11 is 5.63. The molecule has 1 atom stereocenters. The van der Waals surface area contributed by atoms with Gasteiger partial charge in [0.05, 0.1) is 5.56 Å². The number of carbonyl (C=O) groups is 3. The second kappa shape index (κ2) is 6.74. The van der Waals surface area contributed by atoms with Crippen molar-refractivity contribution >= 4 is 29.4 Å². The van der Waals surface area contributed by atoms with Crippen LogP contribution in [-0.2, 0) is 10.7 Å². The molecule has 0 fully saturated rings. The van der Waals surface area contributed by atoms with E-state index in [1.165, 1.54) is 19.2 Å². The number of carboxylic acid groups (broad SMARTS) is 1. The number of carbonyl (C=O) groups excluding carboxylic acids is 2. The molecule has 8 heteroatoms. The molecule has 0 bridgehead atoms. The topological polar surface area (TPSA) is 122 Å². The average molecular weight is 328 g/mol. The molecule has 0 aliphatic rings. The number of halogens is 1. The average Bonchev–Trinajstić information content (AvgIpc) is 2.45. The van der Waals surface area contributed by atoms with Crippen molar-refractivity contribution in [1.29, 1.82) is 0 Å². The van der Waals surface area contributed by atoms with E-state index in [1.54, 1.807) is 13.8 Å². The maximum absolute atomic E-state index is 12.3. The minimum absolute atomic E-state index is 0.0696. The lowest BCUT2D eigenvalue weighted by Gasteiger charge is -2.31. The maximum Gasteiger partial charge on any atom is 0.338 e. The van der Waals surface area contributed by atoms with E-state index in [0.29, 0.717) is 5.56 Å². The third kappa shape index (κ3) is 3.54. The van der Waals surface area contributed by atoms with Crippen LogP contribution in [0.25, 0.3) is 0 Å². The monoisotopic (exact) mass is 327 g/mol. The van der Waals surface area contributed by atoms with Crippen molar-refractivity contribution in [3.63, 3.8) is 0 Å². The number of nitrogens with zero attached hydrogens (tertiary/aromatic N) is 1. The second-order valence-electron chi connectivity index (χ2n) is 5.35. The van der Waals surface area contributed by atoms with Crippen LogP contribution in [0.5, 0.6) is 0 Å². The number of hydrogen-bond donors (Lipinski definition) is 3. The lowest BCUT2D eigenvalue weighted by Crippen LogP contribution is -2.58. The number of aromatic nitrogens is 1. The van der Waals surface area contributed by atoms with E-state index in [2.05, 4.69) is 10.3 Å². The number of primary amides is 1. The number of pyridine rings is 1. The fraction of sp³-hybridized carbons (Fsp3) is 0.429. The van der Waals surface area contributed by atoms with Gasteiger partial charge in [-0.1, -0.05) is 13.8 Å². The van der Waals surface area contributed by atoms with Crippen molar-refractivity contribution < 1.29 is 19.5 Å². The highest BCUT2D eigenvalue weighted by atomic mass is 35.5. The summed E-state index contributed by atoms with van der Waals surface area (Å²) < 4.78 is 0. The van der Waals surface area contributed by atoms with Gasteiger partial charge in [-0.15, -0.1) is 11.6 Å². The Morgan fingerprint density at radius 2 is 2.05 bits per heavy atom. The molecule has 120 valence electrons. The number of amides is 2. The first-order valence-corrected chi connectivity index (χ1v) is 7.07. The van der Waals surface area contributed by atoms with E-state index >= 15 is 0 Å². The van der Waals surface area contributed by atoms with Crippen molar-refractivity contribution in [3.05, 3.63) is 29.1 Å². The van der Waals surface area contributed by atoms with Crippen molar-refractivity contribution in [2.45, 2.75) is 32.2 Å². The van der Waals surface area contributed by atoms with Crippen LogP contribution in [0.2, 0.25) is 0 Å². The molecule has 0 saturated carbocycles. The first-order chi connectivity index (χ1) is 10.1. The van der Waals surface area contributed by atoms with E-state index in [1.807, 2.05) is 0 Å². The Labute approximate surface area is 132 Å². The normalized spacial score (nSPS) is 13.5. The van der Waals surface area contributed by atoms with Crippen LogP contribution in [0.4, 0.5) is 0 Å². The molecule has 4 N–H and O–H groups in total. The summed E-state index contributed by atoms with van der Waals surface area (Å²) in [6.45, 7) is 4.91. The van der Waals surface area contributed by atoms with E-state index in [4.69, 9.17) is 17.3 Å². The van der Waals surface area contributed by atoms with Gasteiger partial charge < -0.3 is 16.2 Å². The van der Waals surface area contributed by atoms with Gasteiger partial charge in [0.1, 0.15) is 11.2 Å². The summed E-state index contributed by atoms with van der Waals surface area (Å²) in [5, 5.41) is 11.7. The number of alkyl halides is 1. The largest absolute Gasteiger partial charge is 0.478 e. The summed E-state index contributed by atoms with van der Waals surface area (Å²) in [6, 6.07) is 1.27. The third-order valence-corrected chi connectivity index (χ3v) is 3.89. The Morgan fingerprint density at radius 1 is 1.45 bits per heavy atom. The Morgan fingerprint density at radius 3 is 2.45 bits per heavy atom. The molecule has 0 saturated heterocycles. The van der Waals surface area contributed by atoms with Crippen molar-refractivity contribution in [1.82, 2.24) is 10.3 Å². The highest BCUT2D eigenvalue weighted by molar-refractivity contribution is 6.17. The fourth-order valence-corrected chi connectivity index (χ4v) is 1.86. The minimum Gasteiger partial charge on any atom is -0.478 e. The molecule has 1 aromatic rings. The van der Waals surface area contributed by atoms with Crippen LogP contribution >= 0.6 is 11.6 Å². The summed E-state index contributed by atoms with van der Waals surface area (Å²) in [6.07, 6.45) is 1.31. The lowest BCUT2D eigenvalue weighted by atomic mass is 9.87. The quantitative estimate of drug-likeness (QED) is 0.676. The van der Waals surface area contributed by atoms with Crippen LogP contribution in [0, 0.1) is 5.92 Å². The molecular weight excluding hydrogens is 310 g/mol.